The second-order valence-corrected chi connectivity index (χ2v) is 13.2. The van der Waals surface area contributed by atoms with Crippen molar-refractivity contribution < 1.29 is 35.1 Å². The molecule has 240 valence electrons. The Labute approximate surface area is 272 Å². The molecular weight excluding hydrogens is 690 g/mol. The summed E-state index contributed by atoms with van der Waals surface area (Å²) >= 11 is 25.0. The lowest BCUT2D eigenvalue weighted by Crippen LogP contribution is -2.48. The first-order chi connectivity index (χ1) is 20.6. The van der Waals surface area contributed by atoms with E-state index < -0.39 is 34.8 Å². The van der Waals surface area contributed by atoms with Gasteiger partial charge in [0.2, 0.25) is 0 Å². The Kier molecular flexibility index (Phi) is 10.7. The van der Waals surface area contributed by atoms with Gasteiger partial charge in [-0.2, -0.15) is 17.2 Å². The average Bonchev–Trinajstić information content (AvgIpc) is 3.36. The van der Waals surface area contributed by atoms with Crippen molar-refractivity contribution in [3.63, 3.8) is 0 Å². The molecule has 1 aromatic heterocycles. The Bertz CT molecular complexity index is 1730. The summed E-state index contributed by atoms with van der Waals surface area (Å²) in [5.74, 6) is -3.86. The summed E-state index contributed by atoms with van der Waals surface area (Å²) in [5.41, 5.74) is 2.11. The Morgan fingerprint density at radius 2 is 1.52 bits per heavy atom. The molecular formula is C28H29Cl4F4N4O3S+. The van der Waals surface area contributed by atoms with Crippen molar-refractivity contribution in [2.24, 2.45) is 0 Å². The molecule has 1 N–H and O–H groups in total. The number of hydrogen-bond donors (Lipinski definition) is 1. The summed E-state index contributed by atoms with van der Waals surface area (Å²) in [6, 6.07) is 6.28. The van der Waals surface area contributed by atoms with Gasteiger partial charge in [0, 0.05) is 31.3 Å². The van der Waals surface area contributed by atoms with Gasteiger partial charge in [-0.1, -0.05) is 52.5 Å². The Morgan fingerprint density at radius 1 is 0.932 bits per heavy atom. The van der Waals surface area contributed by atoms with E-state index in [-0.39, 0.29) is 27.8 Å². The van der Waals surface area contributed by atoms with Crippen molar-refractivity contribution in [2.45, 2.75) is 52.1 Å². The Hall–Kier alpha value is -2.22. The maximum atomic E-state index is 14.4. The summed E-state index contributed by atoms with van der Waals surface area (Å²) in [4.78, 5) is 3.85. The van der Waals surface area contributed by atoms with Gasteiger partial charge in [-0.05, 0) is 44.9 Å². The Morgan fingerprint density at radius 3 is 2.09 bits per heavy atom. The van der Waals surface area contributed by atoms with Crippen LogP contribution < -0.4 is 14.4 Å². The van der Waals surface area contributed by atoms with Crippen LogP contribution in [0.1, 0.15) is 32.5 Å². The molecule has 0 unspecified atom stereocenters. The SMILES string of the molecule is CCN1C(=CC=Cc2n(CC)c3cc(Cl)c(Cl)cc3[n+]2CC(F)(F)C(F)F)N(CCCCS(=O)(=O)O)c2cc(Cl)c(Cl)cc21. The van der Waals surface area contributed by atoms with E-state index in [9.17, 15) is 26.0 Å². The number of aryl methyl sites for hydroxylation is 1. The summed E-state index contributed by atoms with van der Waals surface area (Å²) in [5, 5.41) is 0.911. The van der Waals surface area contributed by atoms with E-state index >= 15 is 0 Å². The quantitative estimate of drug-likeness (QED) is 0.0883. The lowest BCUT2D eigenvalue weighted by molar-refractivity contribution is -0.693. The molecule has 1 aliphatic heterocycles. The predicted molar refractivity (Wildman–Crippen MR) is 168 cm³/mol. The van der Waals surface area contributed by atoms with Crippen LogP contribution in [0.5, 0.6) is 0 Å². The molecule has 0 atom stereocenters. The minimum Gasteiger partial charge on any atom is -0.326 e. The molecule has 44 heavy (non-hydrogen) atoms. The zero-order chi connectivity index (χ0) is 32.6. The highest BCUT2D eigenvalue weighted by Crippen LogP contribution is 2.45. The fraction of sp³-hybridized carbons (Fsp3) is 0.393. The molecule has 4 rings (SSSR count). The van der Waals surface area contributed by atoms with E-state index in [2.05, 4.69) is 0 Å². The number of anilines is 2. The summed E-state index contributed by atoms with van der Waals surface area (Å²) in [6.07, 6.45) is 1.57. The lowest BCUT2D eigenvalue weighted by atomic mass is 10.2. The first-order valence-electron chi connectivity index (χ1n) is 13.5. The molecule has 0 spiro atoms. The van der Waals surface area contributed by atoms with Crippen molar-refractivity contribution in [2.75, 3.05) is 28.6 Å². The number of nitrogens with zero attached hydrogens (tertiary/aromatic N) is 4. The smallest absolute Gasteiger partial charge is 0.326 e. The number of allylic oxidation sites excluding steroid dienone is 2. The van der Waals surface area contributed by atoms with Crippen molar-refractivity contribution in [1.29, 1.82) is 0 Å². The maximum Gasteiger partial charge on any atom is 0.344 e. The number of fused-ring (bicyclic) bond motifs is 2. The number of unbranched alkanes of at least 4 members (excludes halogenated alkanes) is 1. The molecule has 16 heteroatoms. The van der Waals surface area contributed by atoms with Gasteiger partial charge in [0.25, 0.3) is 15.9 Å². The fourth-order valence-corrected chi connectivity index (χ4v) is 6.38. The molecule has 2 aromatic carbocycles. The number of alkyl halides is 4. The van der Waals surface area contributed by atoms with Crippen LogP contribution in [0.3, 0.4) is 0 Å². The zero-order valence-electron chi connectivity index (χ0n) is 23.6. The van der Waals surface area contributed by atoms with Gasteiger partial charge in [0.1, 0.15) is 5.82 Å². The number of halogens is 8. The summed E-state index contributed by atoms with van der Waals surface area (Å²) in [7, 11) is -4.13. The van der Waals surface area contributed by atoms with Gasteiger partial charge in [-0.3, -0.25) is 4.55 Å². The Balaban J connectivity index is 1.82. The van der Waals surface area contributed by atoms with Gasteiger partial charge in [0.15, 0.2) is 17.6 Å². The molecule has 0 aliphatic carbocycles. The first-order valence-corrected chi connectivity index (χ1v) is 16.7. The third-order valence-electron chi connectivity index (χ3n) is 7.15. The first kappa shape index (κ1) is 34.6. The van der Waals surface area contributed by atoms with E-state index in [1.54, 1.807) is 35.8 Å². The van der Waals surface area contributed by atoms with Crippen molar-refractivity contribution in [3.05, 3.63) is 68.2 Å². The van der Waals surface area contributed by atoms with E-state index in [4.69, 9.17) is 51.0 Å². The molecule has 7 nitrogen and oxygen atoms in total. The highest BCUT2D eigenvalue weighted by molar-refractivity contribution is 7.85. The van der Waals surface area contributed by atoms with Gasteiger partial charge in [-0.15, -0.1) is 0 Å². The fourth-order valence-electron chi connectivity index (χ4n) is 5.18. The van der Waals surface area contributed by atoms with Crippen LogP contribution in [0, 0.1) is 0 Å². The molecule has 0 fully saturated rings. The van der Waals surface area contributed by atoms with Crippen LogP contribution in [0.4, 0.5) is 28.9 Å². The minimum absolute atomic E-state index is 0.0865. The third-order valence-corrected chi connectivity index (χ3v) is 9.40. The van der Waals surface area contributed by atoms with Crippen LogP contribution in [-0.4, -0.2) is 48.7 Å². The largest absolute Gasteiger partial charge is 0.344 e. The number of imidazole rings is 1. The van der Waals surface area contributed by atoms with E-state index in [0.717, 1.165) is 10.3 Å². The lowest BCUT2D eigenvalue weighted by Gasteiger charge is -2.24. The number of benzene rings is 2. The van der Waals surface area contributed by atoms with Gasteiger partial charge >= 0.3 is 12.3 Å². The van der Waals surface area contributed by atoms with Gasteiger partial charge in [0.05, 0.1) is 43.8 Å². The third kappa shape index (κ3) is 7.26. The molecule has 0 amide bonds. The highest BCUT2D eigenvalue weighted by Gasteiger charge is 2.45. The molecule has 0 saturated heterocycles. The predicted octanol–water partition coefficient (Wildman–Crippen LogP) is 8.33. The van der Waals surface area contributed by atoms with Crippen LogP contribution in [-0.2, 0) is 23.2 Å². The zero-order valence-corrected chi connectivity index (χ0v) is 27.4. The number of aromatic nitrogens is 2. The van der Waals surface area contributed by atoms with E-state index in [1.807, 2.05) is 16.7 Å². The molecule has 0 radical (unpaired) electrons. The van der Waals surface area contributed by atoms with E-state index in [0.29, 0.717) is 53.1 Å². The van der Waals surface area contributed by atoms with Crippen molar-refractivity contribution in [1.82, 2.24) is 4.57 Å². The van der Waals surface area contributed by atoms with Crippen LogP contribution in [0.2, 0.25) is 20.1 Å². The van der Waals surface area contributed by atoms with Gasteiger partial charge < -0.3 is 9.80 Å². The molecule has 0 bridgehead atoms. The molecule has 3 aromatic rings. The second kappa shape index (κ2) is 13.6. The number of rotatable bonds is 12. The summed E-state index contributed by atoms with van der Waals surface area (Å²) < 4.78 is 89.8. The normalized spacial score (nSPS) is 15.1. The average molecular weight is 719 g/mol. The minimum atomic E-state index is -4.33. The summed E-state index contributed by atoms with van der Waals surface area (Å²) in [6.45, 7) is 3.55. The molecule has 2 heterocycles. The second-order valence-electron chi connectivity index (χ2n) is 10.0. The van der Waals surface area contributed by atoms with Gasteiger partial charge in [-0.25, -0.2) is 17.9 Å². The van der Waals surface area contributed by atoms with Crippen molar-refractivity contribution >= 4 is 85.0 Å². The molecule has 0 saturated carbocycles. The van der Waals surface area contributed by atoms with Crippen molar-refractivity contribution in [3.8, 4) is 0 Å². The maximum absolute atomic E-state index is 14.4. The number of hydrogen-bond acceptors (Lipinski definition) is 4. The highest BCUT2D eigenvalue weighted by atomic mass is 35.5. The monoisotopic (exact) mass is 717 g/mol. The van der Waals surface area contributed by atoms with Crippen LogP contribution in [0.25, 0.3) is 17.1 Å². The van der Waals surface area contributed by atoms with E-state index in [1.165, 1.54) is 18.2 Å². The standard InChI is InChI=1S/C28H28Cl4F4N4O3S/c1-3-37-21-12-17(29)19(31)14-23(21)39(10-5-6-11-44(41,42)43)25(37)8-7-9-26-38(4-2)22-13-18(30)20(32)15-24(22)40(26)16-28(35,36)27(33)34/h7-9,12-15,27H,3-6,10-11,16H2,1-2H3/p+1. The van der Waals surface area contributed by atoms with Crippen LogP contribution >= 0.6 is 46.4 Å². The molecule has 1 aliphatic rings. The van der Waals surface area contributed by atoms with Crippen LogP contribution in [0.15, 0.2) is 42.2 Å². The topological polar surface area (TPSA) is 69.7 Å².